The van der Waals surface area contributed by atoms with E-state index < -0.39 is 0 Å². The van der Waals surface area contributed by atoms with Crippen molar-refractivity contribution >= 4 is 55.6 Å². The van der Waals surface area contributed by atoms with Gasteiger partial charge in [0, 0.05) is 42.1 Å². The second kappa shape index (κ2) is 7.06. The molecular formula is C19H20BrN7S. The number of anilines is 1. The molecule has 0 aromatic carbocycles. The molecule has 1 aliphatic rings. The van der Waals surface area contributed by atoms with Crippen LogP contribution in [0.15, 0.2) is 39.1 Å². The molecule has 9 heteroatoms. The number of nitrogens with zero attached hydrogens (tertiary/aromatic N) is 4. The van der Waals surface area contributed by atoms with Gasteiger partial charge in [-0.1, -0.05) is 6.92 Å². The molecule has 0 aliphatic carbocycles. The minimum atomic E-state index is 0.184. The van der Waals surface area contributed by atoms with E-state index in [-0.39, 0.29) is 6.04 Å². The lowest BCUT2D eigenvalue weighted by atomic mass is 10.3. The first kappa shape index (κ1) is 18.0. The molecule has 4 N–H and O–H groups in total. The smallest absolute Gasteiger partial charge is 0.196 e. The molecule has 0 saturated carbocycles. The maximum absolute atomic E-state index is 6.16. The highest BCUT2D eigenvalue weighted by Crippen LogP contribution is 2.37. The van der Waals surface area contributed by atoms with Gasteiger partial charge in [-0.15, -0.1) is 0 Å². The maximum atomic E-state index is 6.16. The molecule has 1 atom stereocenters. The Morgan fingerprint density at radius 1 is 1.39 bits per heavy atom. The standard InChI is InChI=1S/C19H20BrN7S/c1-2-12-16(20)15-17(24-12)25-19(26-18(15)27-6-4-10(21)9-27)28-11-7-14-13(23-8-11)3-5-22-14/h3,5,7-8,10,22H,2,4,6,9,21H2,1H3,(H,24,25,26). The number of nitrogens with one attached hydrogen (secondary N) is 2. The average Bonchev–Trinajstić information content (AvgIpc) is 3.40. The van der Waals surface area contributed by atoms with Crippen LogP contribution in [0.1, 0.15) is 19.0 Å². The third kappa shape index (κ3) is 3.07. The second-order valence-corrected chi connectivity index (χ2v) is 8.84. The first-order valence-corrected chi connectivity index (χ1v) is 10.9. The Labute approximate surface area is 174 Å². The van der Waals surface area contributed by atoms with Crippen molar-refractivity contribution in [2.24, 2.45) is 5.73 Å². The predicted molar refractivity (Wildman–Crippen MR) is 116 cm³/mol. The fourth-order valence-corrected chi connectivity index (χ4v) is 5.15. The van der Waals surface area contributed by atoms with Crippen molar-refractivity contribution in [2.45, 2.75) is 35.9 Å². The minimum absolute atomic E-state index is 0.184. The number of pyridine rings is 1. The van der Waals surface area contributed by atoms with Crippen molar-refractivity contribution in [3.63, 3.8) is 0 Å². The molecular weight excluding hydrogens is 438 g/mol. The van der Waals surface area contributed by atoms with Crippen molar-refractivity contribution in [1.29, 1.82) is 0 Å². The van der Waals surface area contributed by atoms with Crippen molar-refractivity contribution < 1.29 is 0 Å². The van der Waals surface area contributed by atoms with Crippen LogP contribution in [-0.2, 0) is 6.42 Å². The molecule has 0 radical (unpaired) electrons. The van der Waals surface area contributed by atoms with Gasteiger partial charge in [0.1, 0.15) is 11.5 Å². The minimum Gasteiger partial charge on any atom is -0.360 e. The molecule has 0 amide bonds. The molecule has 5 rings (SSSR count). The monoisotopic (exact) mass is 457 g/mol. The molecule has 1 unspecified atom stereocenters. The summed E-state index contributed by atoms with van der Waals surface area (Å²) in [6, 6.07) is 4.22. The molecule has 1 fully saturated rings. The summed E-state index contributed by atoms with van der Waals surface area (Å²) in [5.41, 5.74) is 10.1. The summed E-state index contributed by atoms with van der Waals surface area (Å²) in [5, 5.41) is 1.74. The van der Waals surface area contributed by atoms with Gasteiger partial charge in [0.2, 0.25) is 0 Å². The van der Waals surface area contributed by atoms with E-state index in [1.807, 2.05) is 18.5 Å². The van der Waals surface area contributed by atoms with E-state index >= 15 is 0 Å². The number of aromatic nitrogens is 5. The maximum Gasteiger partial charge on any atom is 0.196 e. The zero-order valence-corrected chi connectivity index (χ0v) is 17.8. The summed E-state index contributed by atoms with van der Waals surface area (Å²) in [5.74, 6) is 0.942. The lowest BCUT2D eigenvalue weighted by Gasteiger charge is -2.18. The molecule has 7 nitrogen and oxygen atoms in total. The van der Waals surface area contributed by atoms with Crippen LogP contribution in [-0.4, -0.2) is 44.1 Å². The number of halogens is 1. The zero-order valence-electron chi connectivity index (χ0n) is 15.4. The Bertz CT molecular complexity index is 1170. The van der Waals surface area contributed by atoms with Gasteiger partial charge in [-0.05, 0) is 52.7 Å². The fraction of sp³-hybridized carbons (Fsp3) is 0.316. The number of hydrogen-bond donors (Lipinski definition) is 3. The normalized spacial score (nSPS) is 17.2. The van der Waals surface area contributed by atoms with Gasteiger partial charge in [-0.2, -0.15) is 0 Å². The molecule has 1 saturated heterocycles. The summed E-state index contributed by atoms with van der Waals surface area (Å²) < 4.78 is 1.05. The lowest BCUT2D eigenvalue weighted by molar-refractivity contribution is 0.751. The van der Waals surface area contributed by atoms with E-state index in [1.54, 1.807) is 0 Å². The summed E-state index contributed by atoms with van der Waals surface area (Å²) in [6.45, 7) is 3.85. The Morgan fingerprint density at radius 2 is 2.29 bits per heavy atom. The van der Waals surface area contributed by atoms with E-state index in [2.05, 4.69) is 48.8 Å². The first-order valence-electron chi connectivity index (χ1n) is 9.32. The highest BCUT2D eigenvalue weighted by Gasteiger charge is 2.26. The topological polar surface area (TPSA) is 99.5 Å². The largest absolute Gasteiger partial charge is 0.360 e. The molecule has 144 valence electrons. The van der Waals surface area contributed by atoms with Crippen LogP contribution in [0.4, 0.5) is 5.82 Å². The van der Waals surface area contributed by atoms with Crippen LogP contribution < -0.4 is 10.6 Å². The number of fused-ring (bicyclic) bond motifs is 2. The third-order valence-electron chi connectivity index (χ3n) is 5.08. The highest BCUT2D eigenvalue weighted by atomic mass is 79.9. The van der Waals surface area contributed by atoms with Gasteiger partial charge in [-0.3, -0.25) is 4.98 Å². The number of aryl methyl sites for hydroxylation is 1. The third-order valence-corrected chi connectivity index (χ3v) is 6.78. The van der Waals surface area contributed by atoms with Crippen molar-refractivity contribution in [1.82, 2.24) is 24.9 Å². The second-order valence-electron chi connectivity index (χ2n) is 7.00. The van der Waals surface area contributed by atoms with Crippen LogP contribution >= 0.6 is 27.7 Å². The molecule has 4 aromatic rings. The summed E-state index contributed by atoms with van der Waals surface area (Å²) in [6.07, 6.45) is 5.63. The quantitative estimate of drug-likeness (QED) is 0.402. The van der Waals surface area contributed by atoms with E-state index in [4.69, 9.17) is 15.7 Å². The zero-order chi connectivity index (χ0) is 19.3. The van der Waals surface area contributed by atoms with E-state index in [9.17, 15) is 0 Å². The van der Waals surface area contributed by atoms with Gasteiger partial charge >= 0.3 is 0 Å². The van der Waals surface area contributed by atoms with Gasteiger partial charge in [0.15, 0.2) is 5.16 Å². The number of hydrogen-bond acceptors (Lipinski definition) is 6. The van der Waals surface area contributed by atoms with Crippen LogP contribution in [0.2, 0.25) is 0 Å². The predicted octanol–water partition coefficient (Wildman–Crippen LogP) is 3.85. The Morgan fingerprint density at radius 3 is 3.07 bits per heavy atom. The van der Waals surface area contributed by atoms with Gasteiger partial charge in [0.25, 0.3) is 0 Å². The number of H-pyrrole nitrogens is 2. The fourth-order valence-electron chi connectivity index (χ4n) is 3.64. The summed E-state index contributed by atoms with van der Waals surface area (Å²) >= 11 is 5.27. The number of rotatable bonds is 4. The highest BCUT2D eigenvalue weighted by molar-refractivity contribution is 9.10. The average molecular weight is 458 g/mol. The number of aromatic amines is 2. The number of nitrogens with two attached hydrogens (primary N) is 1. The molecule has 0 spiro atoms. The van der Waals surface area contributed by atoms with Crippen molar-refractivity contribution in [2.75, 3.05) is 18.0 Å². The molecule has 4 aromatic heterocycles. The Hall–Kier alpha value is -2.10. The van der Waals surface area contributed by atoms with E-state index in [0.29, 0.717) is 5.16 Å². The van der Waals surface area contributed by atoms with Crippen molar-refractivity contribution in [3.8, 4) is 0 Å². The first-order chi connectivity index (χ1) is 13.6. The van der Waals surface area contributed by atoms with Gasteiger partial charge < -0.3 is 20.6 Å². The molecule has 0 bridgehead atoms. The van der Waals surface area contributed by atoms with E-state index in [1.165, 1.54) is 11.8 Å². The van der Waals surface area contributed by atoms with Crippen LogP contribution in [0.5, 0.6) is 0 Å². The SMILES string of the molecule is CCc1[nH]c2nc(Sc3cnc4cc[nH]c4c3)nc(N3CCC(N)C3)c2c1Br. The lowest BCUT2D eigenvalue weighted by Crippen LogP contribution is -2.27. The van der Waals surface area contributed by atoms with Crippen molar-refractivity contribution in [3.05, 3.63) is 34.7 Å². The molecule has 5 heterocycles. The van der Waals surface area contributed by atoms with Gasteiger partial charge in [-0.25, -0.2) is 9.97 Å². The molecule has 28 heavy (non-hydrogen) atoms. The van der Waals surface area contributed by atoms with E-state index in [0.717, 1.165) is 68.9 Å². The summed E-state index contributed by atoms with van der Waals surface area (Å²) in [4.78, 5) is 24.1. The van der Waals surface area contributed by atoms with Crippen LogP contribution in [0.25, 0.3) is 22.1 Å². The Kier molecular flexibility index (Phi) is 4.53. The Balaban J connectivity index is 1.60. The summed E-state index contributed by atoms with van der Waals surface area (Å²) in [7, 11) is 0. The molecule has 1 aliphatic heterocycles. The van der Waals surface area contributed by atoms with Crippen LogP contribution in [0, 0.1) is 0 Å². The van der Waals surface area contributed by atoms with Gasteiger partial charge in [0.05, 0.1) is 20.9 Å². The van der Waals surface area contributed by atoms with Crippen LogP contribution in [0.3, 0.4) is 0 Å².